The summed E-state index contributed by atoms with van der Waals surface area (Å²) < 4.78 is 5.20. The van der Waals surface area contributed by atoms with Gasteiger partial charge in [-0.3, -0.25) is 9.59 Å². The van der Waals surface area contributed by atoms with E-state index in [2.05, 4.69) is 60.8 Å². The number of Topliss-reactive ketones (excluding diaryl/α,β-unsaturated/α-hetero) is 1. The minimum absolute atomic E-state index is 0.0850. The van der Waals surface area contributed by atoms with Gasteiger partial charge in [0.1, 0.15) is 5.92 Å². The van der Waals surface area contributed by atoms with E-state index in [9.17, 15) is 9.59 Å². The molecule has 0 amide bonds. The Balaban J connectivity index is 1.84. The fourth-order valence-electron chi connectivity index (χ4n) is 5.42. The predicted molar refractivity (Wildman–Crippen MR) is 127 cm³/mol. The van der Waals surface area contributed by atoms with Gasteiger partial charge in [-0.25, -0.2) is 0 Å². The van der Waals surface area contributed by atoms with Crippen LogP contribution in [0.5, 0.6) is 0 Å². The topological polar surface area (TPSA) is 55.4 Å². The standard InChI is InChI=1S/C28H27NO3/c1-16-9-11-18(12-10-16)22-23-19-8-6-5-7-17(19)13-14-20(23)29-26-24(22)21(30)15-28(2,3)25(26)27(31)32-4/h5-14,22,25,29H,15H2,1-4H3. The summed E-state index contributed by atoms with van der Waals surface area (Å²) in [6.45, 7) is 5.99. The van der Waals surface area contributed by atoms with Gasteiger partial charge >= 0.3 is 5.97 Å². The minimum atomic E-state index is -0.539. The summed E-state index contributed by atoms with van der Waals surface area (Å²) in [6.07, 6.45) is 0.301. The number of anilines is 1. The molecule has 2 aliphatic rings. The summed E-state index contributed by atoms with van der Waals surface area (Å²) in [5.41, 5.74) is 5.08. The molecule has 162 valence electrons. The molecule has 0 fully saturated rings. The number of rotatable bonds is 2. The first-order valence-electron chi connectivity index (χ1n) is 11.0. The van der Waals surface area contributed by atoms with Gasteiger partial charge in [-0.15, -0.1) is 0 Å². The van der Waals surface area contributed by atoms with Crippen LogP contribution < -0.4 is 5.32 Å². The molecule has 2 unspecified atom stereocenters. The van der Waals surface area contributed by atoms with E-state index in [0.717, 1.165) is 27.6 Å². The first-order chi connectivity index (χ1) is 15.3. The molecule has 4 heteroatoms. The number of ether oxygens (including phenoxy) is 1. The molecule has 0 saturated heterocycles. The SMILES string of the molecule is COC(=O)C1C2=C(C(=O)CC1(C)C)C(c1ccc(C)cc1)c1c(ccc3ccccc13)N2. The van der Waals surface area contributed by atoms with E-state index >= 15 is 0 Å². The Hall–Kier alpha value is -3.40. The highest BCUT2D eigenvalue weighted by Gasteiger charge is 2.50. The summed E-state index contributed by atoms with van der Waals surface area (Å²) in [6, 6.07) is 20.8. The van der Waals surface area contributed by atoms with Crippen LogP contribution in [0.15, 0.2) is 71.9 Å². The molecule has 2 atom stereocenters. The fraction of sp³-hybridized carbons (Fsp3) is 0.286. The van der Waals surface area contributed by atoms with Crippen LogP contribution in [0.3, 0.4) is 0 Å². The lowest BCUT2D eigenvalue weighted by molar-refractivity contribution is -0.148. The Kier molecular flexibility index (Phi) is 4.70. The van der Waals surface area contributed by atoms with Crippen LogP contribution in [0, 0.1) is 18.3 Å². The number of carbonyl (C=O) groups is 2. The van der Waals surface area contributed by atoms with Gasteiger partial charge in [0.15, 0.2) is 5.78 Å². The van der Waals surface area contributed by atoms with Crippen molar-refractivity contribution in [2.45, 2.75) is 33.1 Å². The number of fused-ring (bicyclic) bond motifs is 3. The molecule has 1 aliphatic carbocycles. The molecule has 4 nitrogen and oxygen atoms in total. The first kappa shape index (κ1) is 20.5. The molecule has 0 radical (unpaired) electrons. The van der Waals surface area contributed by atoms with Gasteiger partial charge in [-0.2, -0.15) is 0 Å². The van der Waals surface area contributed by atoms with Crippen LogP contribution in [0.2, 0.25) is 0 Å². The lowest BCUT2D eigenvalue weighted by Gasteiger charge is -2.44. The Morgan fingerprint density at radius 2 is 1.75 bits per heavy atom. The van der Waals surface area contributed by atoms with Crippen LogP contribution in [-0.4, -0.2) is 18.9 Å². The van der Waals surface area contributed by atoms with Gasteiger partial charge in [0.25, 0.3) is 0 Å². The highest BCUT2D eigenvalue weighted by molar-refractivity contribution is 6.06. The third-order valence-corrected chi connectivity index (χ3v) is 6.94. The maximum Gasteiger partial charge on any atom is 0.315 e. The van der Waals surface area contributed by atoms with Crippen molar-refractivity contribution in [1.82, 2.24) is 0 Å². The van der Waals surface area contributed by atoms with E-state index in [1.807, 2.05) is 26.0 Å². The number of aryl methyl sites for hydroxylation is 1. The molecule has 32 heavy (non-hydrogen) atoms. The molecule has 5 rings (SSSR count). The molecule has 0 bridgehead atoms. The van der Waals surface area contributed by atoms with Gasteiger partial charge < -0.3 is 10.1 Å². The lowest BCUT2D eigenvalue weighted by atomic mass is 9.63. The van der Waals surface area contributed by atoms with E-state index in [-0.39, 0.29) is 17.7 Å². The Morgan fingerprint density at radius 3 is 2.47 bits per heavy atom. The summed E-state index contributed by atoms with van der Waals surface area (Å²) in [5.74, 6) is -1.01. The van der Waals surface area contributed by atoms with E-state index in [1.165, 1.54) is 12.7 Å². The molecular formula is C28H27NO3. The van der Waals surface area contributed by atoms with Crippen molar-refractivity contribution in [3.63, 3.8) is 0 Å². The van der Waals surface area contributed by atoms with Crippen LogP contribution in [0.1, 0.15) is 42.9 Å². The quantitative estimate of drug-likeness (QED) is 0.531. The van der Waals surface area contributed by atoms with Crippen molar-refractivity contribution >= 4 is 28.2 Å². The monoisotopic (exact) mass is 425 g/mol. The number of nitrogens with one attached hydrogen (secondary N) is 1. The zero-order chi connectivity index (χ0) is 22.6. The van der Waals surface area contributed by atoms with Crippen molar-refractivity contribution in [3.8, 4) is 0 Å². The number of allylic oxidation sites excluding steroid dienone is 1. The lowest BCUT2D eigenvalue weighted by Crippen LogP contribution is -2.44. The second kappa shape index (κ2) is 7.33. The molecular weight excluding hydrogens is 398 g/mol. The molecule has 0 spiro atoms. The first-order valence-corrected chi connectivity index (χ1v) is 11.0. The Morgan fingerprint density at radius 1 is 1.03 bits per heavy atom. The van der Waals surface area contributed by atoms with E-state index < -0.39 is 11.3 Å². The summed E-state index contributed by atoms with van der Waals surface area (Å²) >= 11 is 0. The van der Waals surface area contributed by atoms with Gasteiger partial charge in [-0.1, -0.05) is 74.0 Å². The van der Waals surface area contributed by atoms with Crippen molar-refractivity contribution in [1.29, 1.82) is 0 Å². The van der Waals surface area contributed by atoms with Crippen LogP contribution in [0.25, 0.3) is 10.8 Å². The number of benzene rings is 3. The molecule has 1 aliphatic heterocycles. The molecule has 0 aromatic heterocycles. The number of hydrogen-bond donors (Lipinski definition) is 1. The minimum Gasteiger partial charge on any atom is -0.468 e. The summed E-state index contributed by atoms with van der Waals surface area (Å²) in [7, 11) is 1.41. The summed E-state index contributed by atoms with van der Waals surface area (Å²) in [5, 5.41) is 5.75. The number of hydrogen-bond acceptors (Lipinski definition) is 4. The maximum absolute atomic E-state index is 13.6. The Bertz CT molecular complexity index is 1280. The van der Waals surface area contributed by atoms with E-state index in [4.69, 9.17) is 4.74 Å². The van der Waals surface area contributed by atoms with Crippen molar-refractivity contribution < 1.29 is 14.3 Å². The number of esters is 1. The van der Waals surface area contributed by atoms with Gasteiger partial charge in [-0.05, 0) is 40.3 Å². The average Bonchev–Trinajstić information content (AvgIpc) is 2.77. The number of carbonyl (C=O) groups excluding carboxylic acids is 2. The zero-order valence-electron chi connectivity index (χ0n) is 18.9. The average molecular weight is 426 g/mol. The smallest absolute Gasteiger partial charge is 0.315 e. The highest BCUT2D eigenvalue weighted by atomic mass is 16.5. The number of ketones is 1. The maximum atomic E-state index is 13.6. The van der Waals surface area contributed by atoms with Crippen molar-refractivity contribution in [2.75, 3.05) is 12.4 Å². The van der Waals surface area contributed by atoms with Crippen LogP contribution in [0.4, 0.5) is 5.69 Å². The third-order valence-electron chi connectivity index (χ3n) is 6.94. The molecule has 0 saturated carbocycles. The predicted octanol–water partition coefficient (Wildman–Crippen LogP) is 5.75. The van der Waals surface area contributed by atoms with E-state index in [0.29, 0.717) is 17.7 Å². The molecule has 3 aromatic carbocycles. The van der Waals surface area contributed by atoms with Gasteiger partial charge in [0, 0.05) is 29.3 Å². The zero-order valence-corrected chi connectivity index (χ0v) is 18.9. The van der Waals surface area contributed by atoms with Crippen molar-refractivity contribution in [3.05, 3.63) is 88.6 Å². The molecule has 1 N–H and O–H groups in total. The normalized spacial score (nSPS) is 21.6. The van der Waals surface area contributed by atoms with Crippen molar-refractivity contribution in [2.24, 2.45) is 11.3 Å². The summed E-state index contributed by atoms with van der Waals surface area (Å²) in [4.78, 5) is 26.6. The van der Waals surface area contributed by atoms with Crippen LogP contribution >= 0.6 is 0 Å². The largest absolute Gasteiger partial charge is 0.468 e. The van der Waals surface area contributed by atoms with Gasteiger partial charge in [0.05, 0.1) is 7.11 Å². The van der Waals surface area contributed by atoms with Crippen LogP contribution in [-0.2, 0) is 14.3 Å². The second-order valence-corrected chi connectivity index (χ2v) is 9.59. The second-order valence-electron chi connectivity index (χ2n) is 9.59. The fourth-order valence-corrected chi connectivity index (χ4v) is 5.42. The van der Waals surface area contributed by atoms with Gasteiger partial charge in [0.2, 0.25) is 0 Å². The highest BCUT2D eigenvalue weighted by Crippen LogP contribution is 2.53. The number of methoxy groups -OCH3 is 1. The third kappa shape index (κ3) is 3.05. The van der Waals surface area contributed by atoms with E-state index in [1.54, 1.807) is 0 Å². The Labute approximate surface area is 188 Å². The molecule has 1 heterocycles. The molecule has 3 aromatic rings.